The van der Waals surface area contributed by atoms with Gasteiger partial charge in [0.25, 0.3) is 0 Å². The summed E-state index contributed by atoms with van der Waals surface area (Å²) in [5.74, 6) is 6.54. The van der Waals surface area contributed by atoms with Gasteiger partial charge in [-0.05, 0) is 12.1 Å². The summed E-state index contributed by atoms with van der Waals surface area (Å²) in [7, 11) is 3.15. The number of nitrogens with two attached hydrogens (primary N) is 1. The van der Waals surface area contributed by atoms with Crippen molar-refractivity contribution < 1.29 is 9.47 Å². The van der Waals surface area contributed by atoms with Crippen LogP contribution in [-0.2, 0) is 0 Å². The Morgan fingerprint density at radius 3 is 2.38 bits per heavy atom. The highest BCUT2D eigenvalue weighted by Gasteiger charge is 2.06. The molecule has 0 aliphatic carbocycles. The number of rotatable bonds is 3. The van der Waals surface area contributed by atoms with Crippen molar-refractivity contribution in [3.05, 3.63) is 18.2 Å². The second kappa shape index (κ2) is 5.66. The molecule has 1 rings (SSSR count). The Morgan fingerprint density at radius 1 is 1.23 bits per heavy atom. The molecule has 0 saturated heterocycles. The molecule has 0 heterocycles. The Balaban J connectivity index is 0.00000144. The van der Waals surface area contributed by atoms with Crippen LogP contribution in [0.4, 0.5) is 5.69 Å². The second-order valence-electron chi connectivity index (χ2n) is 2.19. The fourth-order valence-corrected chi connectivity index (χ4v) is 1.00. The Kier molecular flexibility index (Phi) is 5.25. The fraction of sp³-hybridized carbons (Fsp3) is 0.250. The van der Waals surface area contributed by atoms with Crippen molar-refractivity contribution in [1.29, 1.82) is 0 Å². The molecule has 4 nitrogen and oxygen atoms in total. The molecule has 0 fully saturated rings. The lowest BCUT2D eigenvalue weighted by molar-refractivity contribution is 0.356. The Labute approximate surface area is 87.8 Å². The molecule has 0 atom stereocenters. The van der Waals surface area contributed by atoms with Crippen LogP contribution < -0.4 is 20.7 Å². The lowest BCUT2D eigenvalue weighted by atomic mass is 10.3. The predicted molar refractivity (Wildman–Crippen MR) is 57.7 cm³/mol. The van der Waals surface area contributed by atoms with Crippen molar-refractivity contribution in [3.63, 3.8) is 0 Å². The summed E-state index contributed by atoms with van der Waals surface area (Å²) in [5, 5.41) is 0. The summed E-state index contributed by atoms with van der Waals surface area (Å²) < 4.78 is 10.1. The number of para-hydroxylation sites is 1. The molecule has 0 unspecified atom stereocenters. The lowest BCUT2D eigenvalue weighted by Crippen LogP contribution is -2.08. The highest BCUT2D eigenvalue weighted by molar-refractivity contribution is 8.93. The van der Waals surface area contributed by atoms with Gasteiger partial charge in [-0.2, -0.15) is 0 Å². The molecule has 1 aromatic rings. The van der Waals surface area contributed by atoms with E-state index < -0.39 is 0 Å². The van der Waals surface area contributed by atoms with Gasteiger partial charge in [0.1, 0.15) is 0 Å². The van der Waals surface area contributed by atoms with E-state index in [0.717, 1.165) is 0 Å². The molecule has 13 heavy (non-hydrogen) atoms. The normalized spacial score (nSPS) is 8.54. The van der Waals surface area contributed by atoms with Crippen molar-refractivity contribution in [1.82, 2.24) is 0 Å². The highest BCUT2D eigenvalue weighted by atomic mass is 79.9. The molecule has 0 aliphatic heterocycles. The van der Waals surface area contributed by atoms with Crippen molar-refractivity contribution in [2.75, 3.05) is 19.6 Å². The molecule has 74 valence electrons. The third-order valence-electron chi connectivity index (χ3n) is 1.56. The van der Waals surface area contributed by atoms with Gasteiger partial charge in [-0.1, -0.05) is 6.07 Å². The van der Waals surface area contributed by atoms with Crippen LogP contribution in [0.25, 0.3) is 0 Å². The minimum atomic E-state index is 0. The van der Waals surface area contributed by atoms with Crippen LogP contribution >= 0.6 is 17.0 Å². The van der Waals surface area contributed by atoms with Crippen molar-refractivity contribution in [2.24, 2.45) is 5.84 Å². The average molecular weight is 249 g/mol. The summed E-state index contributed by atoms with van der Waals surface area (Å²) in [5.41, 5.74) is 3.22. The van der Waals surface area contributed by atoms with Crippen LogP contribution in [0.3, 0.4) is 0 Å². The molecule has 0 aromatic heterocycles. The minimum absolute atomic E-state index is 0. The van der Waals surface area contributed by atoms with E-state index in [1.807, 2.05) is 6.07 Å². The van der Waals surface area contributed by atoms with Gasteiger partial charge < -0.3 is 14.9 Å². The Morgan fingerprint density at radius 2 is 1.92 bits per heavy atom. The van der Waals surface area contributed by atoms with Crippen LogP contribution in [0, 0.1) is 0 Å². The SMILES string of the molecule is Br.COc1cccc(NN)c1OC. The van der Waals surface area contributed by atoms with Crippen LogP contribution in [-0.4, -0.2) is 14.2 Å². The number of anilines is 1. The van der Waals surface area contributed by atoms with Crippen LogP contribution in [0.15, 0.2) is 18.2 Å². The molecule has 0 amide bonds. The summed E-state index contributed by atoms with van der Waals surface area (Å²) in [6.45, 7) is 0. The summed E-state index contributed by atoms with van der Waals surface area (Å²) >= 11 is 0. The number of ether oxygens (including phenoxy) is 2. The Bertz CT molecular complexity index is 246. The number of hydrazine groups is 1. The number of methoxy groups -OCH3 is 2. The van der Waals surface area contributed by atoms with Gasteiger partial charge in [-0.25, -0.2) is 0 Å². The molecule has 0 saturated carbocycles. The first kappa shape index (κ1) is 12.1. The van der Waals surface area contributed by atoms with E-state index in [4.69, 9.17) is 15.3 Å². The minimum Gasteiger partial charge on any atom is -0.493 e. The monoisotopic (exact) mass is 248 g/mol. The summed E-state index contributed by atoms with van der Waals surface area (Å²) in [6, 6.07) is 5.44. The molecule has 3 N–H and O–H groups in total. The predicted octanol–water partition coefficient (Wildman–Crippen LogP) is 1.57. The third kappa shape index (κ3) is 2.50. The number of benzene rings is 1. The van der Waals surface area contributed by atoms with Gasteiger partial charge in [-0.3, -0.25) is 5.84 Å². The quantitative estimate of drug-likeness (QED) is 0.630. The van der Waals surface area contributed by atoms with E-state index in [0.29, 0.717) is 17.2 Å². The third-order valence-corrected chi connectivity index (χ3v) is 1.56. The number of hydrogen-bond acceptors (Lipinski definition) is 4. The standard InChI is InChI=1S/C8H12N2O2.BrH/c1-11-7-5-3-4-6(10-9)8(7)12-2;/h3-5,10H,9H2,1-2H3;1H. The first-order chi connectivity index (χ1) is 5.83. The molecule has 0 aliphatic rings. The molecular weight excluding hydrogens is 236 g/mol. The van der Waals surface area contributed by atoms with E-state index in [1.54, 1.807) is 26.4 Å². The van der Waals surface area contributed by atoms with E-state index >= 15 is 0 Å². The van der Waals surface area contributed by atoms with Crippen molar-refractivity contribution >= 4 is 22.7 Å². The Hall–Kier alpha value is -0.940. The van der Waals surface area contributed by atoms with Gasteiger partial charge in [0.2, 0.25) is 0 Å². The molecule has 1 aromatic carbocycles. The zero-order valence-corrected chi connectivity index (χ0v) is 9.25. The first-order valence-corrected chi connectivity index (χ1v) is 3.51. The zero-order chi connectivity index (χ0) is 8.97. The number of nitrogen functional groups attached to an aromatic ring is 1. The topological polar surface area (TPSA) is 56.5 Å². The molecular formula is C8H13BrN2O2. The lowest BCUT2D eigenvalue weighted by Gasteiger charge is -2.10. The second-order valence-corrected chi connectivity index (χ2v) is 2.19. The molecule has 0 bridgehead atoms. The van der Waals surface area contributed by atoms with Gasteiger partial charge in [0.15, 0.2) is 11.5 Å². The van der Waals surface area contributed by atoms with Crippen molar-refractivity contribution in [2.45, 2.75) is 0 Å². The van der Waals surface area contributed by atoms with Crippen LogP contribution in [0.5, 0.6) is 11.5 Å². The molecule has 0 spiro atoms. The first-order valence-electron chi connectivity index (χ1n) is 3.51. The average Bonchev–Trinajstić information content (AvgIpc) is 2.16. The van der Waals surface area contributed by atoms with Crippen LogP contribution in [0.2, 0.25) is 0 Å². The van der Waals surface area contributed by atoms with E-state index in [9.17, 15) is 0 Å². The molecule has 0 radical (unpaired) electrons. The van der Waals surface area contributed by atoms with Gasteiger partial charge in [0.05, 0.1) is 19.9 Å². The van der Waals surface area contributed by atoms with Gasteiger partial charge in [0, 0.05) is 0 Å². The number of nitrogens with one attached hydrogen (secondary N) is 1. The zero-order valence-electron chi connectivity index (χ0n) is 7.53. The number of hydrogen-bond donors (Lipinski definition) is 2. The van der Waals surface area contributed by atoms with Gasteiger partial charge >= 0.3 is 0 Å². The van der Waals surface area contributed by atoms with E-state index in [1.165, 1.54) is 0 Å². The smallest absolute Gasteiger partial charge is 0.185 e. The molecule has 5 heteroatoms. The van der Waals surface area contributed by atoms with Crippen molar-refractivity contribution in [3.8, 4) is 11.5 Å². The van der Waals surface area contributed by atoms with E-state index in [-0.39, 0.29) is 17.0 Å². The summed E-state index contributed by atoms with van der Waals surface area (Å²) in [4.78, 5) is 0. The summed E-state index contributed by atoms with van der Waals surface area (Å²) in [6.07, 6.45) is 0. The van der Waals surface area contributed by atoms with Crippen LogP contribution in [0.1, 0.15) is 0 Å². The maximum atomic E-state index is 5.26. The van der Waals surface area contributed by atoms with Gasteiger partial charge in [-0.15, -0.1) is 17.0 Å². The highest BCUT2D eigenvalue weighted by Crippen LogP contribution is 2.33. The maximum absolute atomic E-state index is 5.26. The maximum Gasteiger partial charge on any atom is 0.185 e. The number of halogens is 1. The van der Waals surface area contributed by atoms with E-state index in [2.05, 4.69) is 5.43 Å². The fourth-order valence-electron chi connectivity index (χ4n) is 1.00. The largest absolute Gasteiger partial charge is 0.493 e.